The van der Waals surface area contributed by atoms with E-state index in [1.807, 2.05) is 13.8 Å². The summed E-state index contributed by atoms with van der Waals surface area (Å²) in [6.45, 7) is 4.11. The fourth-order valence-corrected chi connectivity index (χ4v) is 2.00. The van der Waals surface area contributed by atoms with Gasteiger partial charge in [-0.15, -0.1) is 13.2 Å². The topological polar surface area (TPSA) is 64.4 Å². The SMILES string of the molecule is CC(C)C[C@H](N)C(=O)NCCc1ccccc1OC(F)(F)F. The van der Waals surface area contributed by atoms with Crippen molar-refractivity contribution in [2.75, 3.05) is 6.54 Å². The molecule has 22 heavy (non-hydrogen) atoms. The molecule has 4 nitrogen and oxygen atoms in total. The van der Waals surface area contributed by atoms with E-state index >= 15 is 0 Å². The smallest absolute Gasteiger partial charge is 0.406 e. The summed E-state index contributed by atoms with van der Waals surface area (Å²) in [4.78, 5) is 11.7. The van der Waals surface area contributed by atoms with Gasteiger partial charge in [0, 0.05) is 6.54 Å². The average molecular weight is 318 g/mol. The number of nitrogens with one attached hydrogen (secondary N) is 1. The molecule has 0 spiro atoms. The van der Waals surface area contributed by atoms with Gasteiger partial charge < -0.3 is 15.8 Å². The van der Waals surface area contributed by atoms with Crippen LogP contribution in [0.2, 0.25) is 0 Å². The van der Waals surface area contributed by atoms with Gasteiger partial charge in [0.05, 0.1) is 6.04 Å². The molecule has 0 unspecified atom stereocenters. The Kier molecular flexibility index (Phi) is 6.67. The minimum Gasteiger partial charge on any atom is -0.406 e. The van der Waals surface area contributed by atoms with E-state index < -0.39 is 12.4 Å². The zero-order chi connectivity index (χ0) is 16.8. The first kappa shape index (κ1) is 18.3. The number of carbonyl (C=O) groups excluding carboxylic acids is 1. The third-order valence-electron chi connectivity index (χ3n) is 2.95. The van der Waals surface area contributed by atoms with Crippen LogP contribution in [0, 0.1) is 5.92 Å². The van der Waals surface area contributed by atoms with Crippen molar-refractivity contribution in [3.8, 4) is 5.75 Å². The molecule has 0 aliphatic rings. The summed E-state index contributed by atoms with van der Waals surface area (Å²) in [7, 11) is 0. The maximum Gasteiger partial charge on any atom is 0.573 e. The normalized spacial score (nSPS) is 13.0. The van der Waals surface area contributed by atoms with Crippen LogP contribution >= 0.6 is 0 Å². The first-order valence-corrected chi connectivity index (χ1v) is 7.06. The second-order valence-corrected chi connectivity index (χ2v) is 5.43. The Morgan fingerprint density at radius 3 is 2.55 bits per heavy atom. The lowest BCUT2D eigenvalue weighted by Crippen LogP contribution is -2.42. The highest BCUT2D eigenvalue weighted by Gasteiger charge is 2.31. The van der Waals surface area contributed by atoms with Gasteiger partial charge in [0.25, 0.3) is 0 Å². The molecule has 1 aromatic rings. The molecule has 1 rings (SSSR count). The number of hydrogen-bond donors (Lipinski definition) is 2. The summed E-state index contributed by atoms with van der Waals surface area (Å²) in [6, 6.07) is 5.24. The molecule has 0 heterocycles. The summed E-state index contributed by atoms with van der Waals surface area (Å²) in [5, 5.41) is 2.63. The lowest BCUT2D eigenvalue weighted by atomic mass is 10.0. The highest BCUT2D eigenvalue weighted by Crippen LogP contribution is 2.26. The first-order valence-electron chi connectivity index (χ1n) is 7.06. The molecular weight excluding hydrogens is 297 g/mol. The number of ether oxygens (including phenoxy) is 1. The number of amides is 1. The van der Waals surface area contributed by atoms with Crippen molar-refractivity contribution in [2.45, 2.75) is 39.1 Å². The van der Waals surface area contributed by atoms with Gasteiger partial charge in [-0.3, -0.25) is 4.79 Å². The second kappa shape index (κ2) is 8.03. The Bertz CT molecular complexity index is 490. The van der Waals surface area contributed by atoms with E-state index in [-0.39, 0.29) is 24.6 Å². The fourth-order valence-electron chi connectivity index (χ4n) is 2.00. The predicted octanol–water partition coefficient (Wildman–Crippen LogP) is 2.62. The molecule has 0 aliphatic carbocycles. The lowest BCUT2D eigenvalue weighted by Gasteiger charge is -2.15. The van der Waals surface area contributed by atoms with Crippen molar-refractivity contribution >= 4 is 5.91 Å². The number of benzene rings is 1. The highest BCUT2D eigenvalue weighted by molar-refractivity contribution is 5.81. The zero-order valence-electron chi connectivity index (χ0n) is 12.6. The van der Waals surface area contributed by atoms with E-state index in [1.54, 1.807) is 6.07 Å². The molecule has 1 amide bonds. The summed E-state index contributed by atoms with van der Waals surface area (Å²) in [6.07, 6.45) is -3.95. The van der Waals surface area contributed by atoms with Gasteiger partial charge in [-0.05, 0) is 30.4 Å². The van der Waals surface area contributed by atoms with Gasteiger partial charge in [0.1, 0.15) is 5.75 Å². The molecule has 0 bridgehead atoms. The van der Waals surface area contributed by atoms with E-state index in [9.17, 15) is 18.0 Å². The van der Waals surface area contributed by atoms with Crippen molar-refractivity contribution < 1.29 is 22.7 Å². The maximum absolute atomic E-state index is 12.3. The number of hydrogen-bond acceptors (Lipinski definition) is 3. The molecule has 0 saturated heterocycles. The molecule has 0 radical (unpaired) electrons. The van der Waals surface area contributed by atoms with Gasteiger partial charge in [0.15, 0.2) is 0 Å². The van der Waals surface area contributed by atoms with Gasteiger partial charge in [-0.2, -0.15) is 0 Å². The minimum atomic E-state index is -4.74. The molecule has 0 aromatic heterocycles. The summed E-state index contributed by atoms with van der Waals surface area (Å²) < 4.78 is 40.8. The molecule has 0 aliphatic heterocycles. The standard InChI is InChI=1S/C15H21F3N2O2/c1-10(2)9-12(19)14(21)20-8-7-11-5-3-4-6-13(11)22-15(16,17)18/h3-6,10,12H,7-9,19H2,1-2H3,(H,20,21)/t12-/m0/s1. The molecule has 7 heteroatoms. The van der Waals surface area contributed by atoms with Crippen LogP contribution in [0.15, 0.2) is 24.3 Å². The zero-order valence-corrected chi connectivity index (χ0v) is 12.6. The van der Waals surface area contributed by atoms with Crippen molar-refractivity contribution in [3.05, 3.63) is 29.8 Å². The van der Waals surface area contributed by atoms with Gasteiger partial charge in [0.2, 0.25) is 5.91 Å². The molecule has 1 atom stereocenters. The van der Waals surface area contributed by atoms with Crippen LogP contribution in [0.4, 0.5) is 13.2 Å². The van der Waals surface area contributed by atoms with Crippen molar-refractivity contribution in [2.24, 2.45) is 11.7 Å². The quantitative estimate of drug-likeness (QED) is 0.812. The van der Waals surface area contributed by atoms with Gasteiger partial charge >= 0.3 is 6.36 Å². The van der Waals surface area contributed by atoms with Crippen LogP contribution in [-0.4, -0.2) is 24.9 Å². The van der Waals surface area contributed by atoms with Crippen LogP contribution in [-0.2, 0) is 11.2 Å². The summed E-state index contributed by atoms with van der Waals surface area (Å²) >= 11 is 0. The molecule has 124 valence electrons. The Labute approximate surface area is 127 Å². The lowest BCUT2D eigenvalue weighted by molar-refractivity contribution is -0.274. The monoisotopic (exact) mass is 318 g/mol. The molecule has 0 fully saturated rings. The van der Waals surface area contributed by atoms with Crippen LogP contribution in [0.3, 0.4) is 0 Å². The molecule has 3 N–H and O–H groups in total. The van der Waals surface area contributed by atoms with E-state index in [1.165, 1.54) is 18.2 Å². The fraction of sp³-hybridized carbons (Fsp3) is 0.533. The predicted molar refractivity (Wildman–Crippen MR) is 77.3 cm³/mol. The van der Waals surface area contributed by atoms with E-state index in [2.05, 4.69) is 10.1 Å². The first-order chi connectivity index (χ1) is 10.2. The molecule has 0 saturated carbocycles. The second-order valence-electron chi connectivity index (χ2n) is 5.43. The highest BCUT2D eigenvalue weighted by atomic mass is 19.4. The molecule has 1 aromatic carbocycles. The molecular formula is C15H21F3N2O2. The Morgan fingerprint density at radius 1 is 1.32 bits per heavy atom. The van der Waals surface area contributed by atoms with Gasteiger partial charge in [-0.25, -0.2) is 0 Å². The van der Waals surface area contributed by atoms with E-state index in [0.29, 0.717) is 17.9 Å². The third-order valence-corrected chi connectivity index (χ3v) is 2.95. The number of halogens is 3. The van der Waals surface area contributed by atoms with E-state index in [4.69, 9.17) is 5.73 Å². The van der Waals surface area contributed by atoms with Crippen molar-refractivity contribution in [1.82, 2.24) is 5.32 Å². The van der Waals surface area contributed by atoms with Crippen molar-refractivity contribution in [3.63, 3.8) is 0 Å². The average Bonchev–Trinajstić information content (AvgIpc) is 2.38. The number of carbonyl (C=O) groups is 1. The van der Waals surface area contributed by atoms with Crippen LogP contribution < -0.4 is 15.8 Å². The third kappa shape index (κ3) is 6.80. The maximum atomic E-state index is 12.3. The number of rotatable bonds is 7. The van der Waals surface area contributed by atoms with Crippen LogP contribution in [0.25, 0.3) is 0 Å². The largest absolute Gasteiger partial charge is 0.573 e. The van der Waals surface area contributed by atoms with Gasteiger partial charge in [-0.1, -0.05) is 32.0 Å². The summed E-state index contributed by atoms with van der Waals surface area (Å²) in [5.74, 6) is -0.264. The Morgan fingerprint density at radius 2 is 1.95 bits per heavy atom. The Hall–Kier alpha value is -1.76. The van der Waals surface area contributed by atoms with Crippen LogP contribution in [0.1, 0.15) is 25.8 Å². The number of alkyl halides is 3. The van der Waals surface area contributed by atoms with E-state index in [0.717, 1.165) is 0 Å². The summed E-state index contributed by atoms with van der Waals surface area (Å²) in [5.41, 5.74) is 6.10. The minimum absolute atomic E-state index is 0.197. The number of para-hydroxylation sites is 1. The number of nitrogens with two attached hydrogens (primary N) is 1. The van der Waals surface area contributed by atoms with Crippen LogP contribution in [0.5, 0.6) is 5.75 Å². The van der Waals surface area contributed by atoms with Crippen molar-refractivity contribution in [1.29, 1.82) is 0 Å². The Balaban J connectivity index is 2.53.